The Bertz CT molecular complexity index is 199. The van der Waals surface area contributed by atoms with Gasteiger partial charge in [0, 0.05) is 20.2 Å². The minimum absolute atomic E-state index is 0.252. The predicted octanol–water partition coefficient (Wildman–Crippen LogP) is 2.41. The van der Waals surface area contributed by atoms with Gasteiger partial charge in [0.2, 0.25) is 0 Å². The normalized spacial score (nSPS) is 11.3. The van der Waals surface area contributed by atoms with Gasteiger partial charge < -0.3 is 14.7 Å². The maximum atomic E-state index is 11.5. The lowest BCUT2D eigenvalue weighted by Crippen LogP contribution is -2.34. The van der Waals surface area contributed by atoms with Gasteiger partial charge in [0.05, 0.1) is 0 Å². The van der Waals surface area contributed by atoms with Crippen LogP contribution in [0.2, 0.25) is 0 Å². The first kappa shape index (κ1) is 15.2. The first-order valence-electron chi connectivity index (χ1n) is 5.92. The molecule has 0 saturated carbocycles. The third-order valence-corrected chi connectivity index (χ3v) is 2.11. The number of unbranched alkanes of at least 4 members (excludes halogenated alkanes) is 3. The van der Waals surface area contributed by atoms with Crippen molar-refractivity contribution in [3.63, 3.8) is 0 Å². The molecule has 0 heterocycles. The summed E-state index contributed by atoms with van der Waals surface area (Å²) < 4.78 is 5.22. The second kappa shape index (κ2) is 7.49. The van der Waals surface area contributed by atoms with Gasteiger partial charge in [-0.1, -0.05) is 12.8 Å². The molecule has 0 aliphatic heterocycles. The zero-order valence-electron chi connectivity index (χ0n) is 11.0. The molecule has 1 N–H and O–H groups in total. The van der Waals surface area contributed by atoms with Gasteiger partial charge in [-0.05, 0) is 33.6 Å². The molecule has 96 valence electrons. The van der Waals surface area contributed by atoms with Crippen LogP contribution in [0.1, 0.15) is 46.5 Å². The highest BCUT2D eigenvalue weighted by Crippen LogP contribution is 2.09. The fraction of sp³-hybridized carbons (Fsp3) is 0.917. The molecule has 0 aliphatic rings. The van der Waals surface area contributed by atoms with Crippen molar-refractivity contribution in [1.29, 1.82) is 0 Å². The largest absolute Gasteiger partial charge is 0.444 e. The van der Waals surface area contributed by atoms with Gasteiger partial charge in [0.25, 0.3) is 0 Å². The van der Waals surface area contributed by atoms with E-state index in [0.717, 1.165) is 25.7 Å². The highest BCUT2D eigenvalue weighted by molar-refractivity contribution is 5.67. The van der Waals surface area contributed by atoms with E-state index >= 15 is 0 Å². The minimum Gasteiger partial charge on any atom is -0.444 e. The van der Waals surface area contributed by atoms with Gasteiger partial charge in [0.1, 0.15) is 5.60 Å². The zero-order valence-corrected chi connectivity index (χ0v) is 11.0. The number of nitrogens with zero attached hydrogens (tertiary/aromatic N) is 1. The summed E-state index contributed by atoms with van der Waals surface area (Å²) in [6, 6.07) is 0. The number of carbonyl (C=O) groups excluding carboxylic acids is 1. The summed E-state index contributed by atoms with van der Waals surface area (Å²) in [6.07, 6.45) is 3.58. The second-order valence-electron chi connectivity index (χ2n) is 5.04. The molecule has 0 spiro atoms. The van der Waals surface area contributed by atoms with Crippen molar-refractivity contribution in [2.24, 2.45) is 0 Å². The van der Waals surface area contributed by atoms with E-state index in [4.69, 9.17) is 9.84 Å². The number of hydrogen-bond donors (Lipinski definition) is 1. The molecule has 0 aromatic rings. The molecule has 0 fully saturated rings. The summed E-state index contributed by atoms with van der Waals surface area (Å²) in [5.74, 6) is 0. The van der Waals surface area contributed by atoms with Crippen molar-refractivity contribution >= 4 is 6.09 Å². The monoisotopic (exact) mass is 231 g/mol. The van der Waals surface area contributed by atoms with Crippen LogP contribution in [-0.4, -0.2) is 41.9 Å². The van der Waals surface area contributed by atoms with Crippen LogP contribution in [0, 0.1) is 0 Å². The smallest absolute Gasteiger partial charge is 0.410 e. The third kappa shape index (κ3) is 8.53. The quantitative estimate of drug-likeness (QED) is 0.714. The summed E-state index contributed by atoms with van der Waals surface area (Å²) in [6.45, 7) is 6.54. The van der Waals surface area contributed by atoms with Crippen LogP contribution in [-0.2, 0) is 4.74 Å². The lowest BCUT2D eigenvalue weighted by Gasteiger charge is -2.24. The summed E-state index contributed by atoms with van der Waals surface area (Å²) >= 11 is 0. The van der Waals surface area contributed by atoms with E-state index in [2.05, 4.69) is 0 Å². The Morgan fingerprint density at radius 1 is 1.19 bits per heavy atom. The van der Waals surface area contributed by atoms with Crippen LogP contribution in [0.4, 0.5) is 4.79 Å². The Morgan fingerprint density at radius 3 is 2.25 bits per heavy atom. The standard InChI is InChI=1S/C12H25NO3/c1-12(2,3)16-11(15)13(4)9-7-5-6-8-10-14/h14H,5-10H2,1-4H3. The second-order valence-corrected chi connectivity index (χ2v) is 5.04. The summed E-state index contributed by atoms with van der Waals surface area (Å²) in [7, 11) is 1.75. The lowest BCUT2D eigenvalue weighted by atomic mass is 10.2. The maximum Gasteiger partial charge on any atom is 0.410 e. The number of rotatable bonds is 6. The van der Waals surface area contributed by atoms with Crippen molar-refractivity contribution in [3.05, 3.63) is 0 Å². The summed E-state index contributed by atoms with van der Waals surface area (Å²) in [5.41, 5.74) is -0.428. The molecular formula is C12H25NO3. The fourth-order valence-corrected chi connectivity index (χ4v) is 1.25. The van der Waals surface area contributed by atoms with Crippen molar-refractivity contribution in [1.82, 2.24) is 4.90 Å². The van der Waals surface area contributed by atoms with Crippen molar-refractivity contribution in [2.75, 3.05) is 20.2 Å². The van der Waals surface area contributed by atoms with Gasteiger partial charge in [0.15, 0.2) is 0 Å². The average molecular weight is 231 g/mol. The van der Waals surface area contributed by atoms with Crippen molar-refractivity contribution in [3.8, 4) is 0 Å². The molecule has 1 amide bonds. The molecular weight excluding hydrogens is 206 g/mol. The zero-order chi connectivity index (χ0) is 12.6. The fourth-order valence-electron chi connectivity index (χ4n) is 1.25. The highest BCUT2D eigenvalue weighted by atomic mass is 16.6. The Kier molecular flexibility index (Phi) is 7.13. The Balaban J connectivity index is 3.64. The molecule has 0 radical (unpaired) electrons. The van der Waals surface area contributed by atoms with Crippen molar-refractivity contribution < 1.29 is 14.6 Å². The molecule has 0 aromatic carbocycles. The van der Waals surface area contributed by atoms with E-state index in [-0.39, 0.29) is 12.7 Å². The summed E-state index contributed by atoms with van der Waals surface area (Å²) in [4.78, 5) is 13.1. The number of aliphatic hydroxyl groups is 1. The molecule has 0 aromatic heterocycles. The predicted molar refractivity (Wildman–Crippen MR) is 64.4 cm³/mol. The molecule has 0 unspecified atom stereocenters. The lowest BCUT2D eigenvalue weighted by molar-refractivity contribution is 0.0296. The van der Waals surface area contributed by atoms with Crippen molar-refractivity contribution in [2.45, 2.75) is 52.1 Å². The molecule has 0 bridgehead atoms. The molecule has 0 aliphatic carbocycles. The number of aliphatic hydroxyl groups excluding tert-OH is 1. The number of amides is 1. The molecule has 4 nitrogen and oxygen atoms in total. The molecule has 0 atom stereocenters. The minimum atomic E-state index is -0.428. The average Bonchev–Trinajstić information content (AvgIpc) is 2.14. The Morgan fingerprint density at radius 2 is 1.75 bits per heavy atom. The Labute approximate surface area is 98.6 Å². The Hall–Kier alpha value is -0.770. The van der Waals surface area contributed by atoms with E-state index in [9.17, 15) is 4.79 Å². The highest BCUT2D eigenvalue weighted by Gasteiger charge is 2.18. The molecule has 0 saturated heterocycles. The van der Waals surface area contributed by atoms with Crippen LogP contribution in [0.25, 0.3) is 0 Å². The van der Waals surface area contributed by atoms with Crippen LogP contribution >= 0.6 is 0 Å². The van der Waals surface area contributed by atoms with Gasteiger partial charge in [-0.3, -0.25) is 0 Å². The first-order valence-corrected chi connectivity index (χ1v) is 5.92. The number of ether oxygens (including phenoxy) is 1. The van der Waals surface area contributed by atoms with Gasteiger partial charge in [-0.15, -0.1) is 0 Å². The molecule has 16 heavy (non-hydrogen) atoms. The third-order valence-electron chi connectivity index (χ3n) is 2.11. The van der Waals surface area contributed by atoms with Crippen LogP contribution < -0.4 is 0 Å². The molecule has 4 heteroatoms. The maximum absolute atomic E-state index is 11.5. The van der Waals surface area contributed by atoms with Crippen LogP contribution in [0.15, 0.2) is 0 Å². The van der Waals surface area contributed by atoms with Crippen LogP contribution in [0.5, 0.6) is 0 Å². The molecule has 0 rings (SSSR count). The van der Waals surface area contributed by atoms with E-state index in [1.54, 1.807) is 11.9 Å². The SMILES string of the molecule is CN(CCCCCCO)C(=O)OC(C)(C)C. The summed E-state index contributed by atoms with van der Waals surface area (Å²) in [5, 5.41) is 8.61. The van der Waals surface area contributed by atoms with Gasteiger partial charge in [-0.25, -0.2) is 4.79 Å². The number of carbonyl (C=O) groups is 1. The van der Waals surface area contributed by atoms with Crippen LogP contribution in [0.3, 0.4) is 0 Å². The van der Waals surface area contributed by atoms with E-state index in [0.29, 0.717) is 6.54 Å². The number of hydrogen-bond acceptors (Lipinski definition) is 3. The van der Waals surface area contributed by atoms with Gasteiger partial charge in [-0.2, -0.15) is 0 Å². The van der Waals surface area contributed by atoms with E-state index < -0.39 is 5.60 Å². The van der Waals surface area contributed by atoms with E-state index in [1.165, 1.54) is 0 Å². The topological polar surface area (TPSA) is 49.8 Å². The first-order chi connectivity index (χ1) is 7.37. The van der Waals surface area contributed by atoms with E-state index in [1.807, 2.05) is 20.8 Å². The van der Waals surface area contributed by atoms with Gasteiger partial charge >= 0.3 is 6.09 Å².